The Kier molecular flexibility index (Phi) is 16.8. The summed E-state index contributed by atoms with van der Waals surface area (Å²) in [6, 6.07) is 15.1. The first-order valence-corrected chi connectivity index (χ1v) is 18.2. The Morgan fingerprint density at radius 1 is 1.08 bits per heavy atom. The number of piperidine rings is 1. The van der Waals surface area contributed by atoms with E-state index in [9.17, 15) is 24.0 Å². The van der Waals surface area contributed by atoms with Crippen LogP contribution in [0.5, 0.6) is 5.75 Å². The van der Waals surface area contributed by atoms with Crippen LogP contribution in [0, 0.1) is 41.9 Å². The third-order valence-corrected chi connectivity index (χ3v) is 9.19. The van der Waals surface area contributed by atoms with Crippen LogP contribution in [-0.2, 0) is 29.3 Å². The highest BCUT2D eigenvalue weighted by Gasteiger charge is 2.40. The highest BCUT2D eigenvalue weighted by atomic mass is 19.1. The fraction of sp³-hybridized carbons (Fsp3) is 0.442. The summed E-state index contributed by atoms with van der Waals surface area (Å²) in [5, 5.41) is 11.7. The minimum absolute atomic E-state index is 0.213. The van der Waals surface area contributed by atoms with E-state index in [1.54, 1.807) is 26.0 Å². The molecule has 1 N–H and O–H groups in total. The molecule has 2 aromatic rings. The van der Waals surface area contributed by atoms with E-state index in [0.717, 1.165) is 56.7 Å². The molecule has 2 fully saturated rings. The van der Waals surface area contributed by atoms with Crippen molar-refractivity contribution in [2.24, 2.45) is 5.92 Å². The topological polar surface area (TPSA) is 106 Å². The van der Waals surface area contributed by atoms with Gasteiger partial charge in [0.1, 0.15) is 24.2 Å². The van der Waals surface area contributed by atoms with E-state index in [1.807, 2.05) is 25.1 Å². The zero-order valence-corrected chi connectivity index (χ0v) is 31.7. The fourth-order valence-corrected chi connectivity index (χ4v) is 6.11. The molecule has 1 unspecified atom stereocenters. The standard InChI is InChI=1S/C36H42FN5O4.C4H6.C3H4/c1-24(2)7-8-28(20-38)19-31(37)25(3)41-17-15-40(16-18-41)21-26-9-11-27(12-10-26)23-46-33-6-4-5-29-30(33)22-42(36(29)45)32-13-14-34(43)39-35(32)44;1-3-4-2;1-3-2/h4-6,9-12,19,24,32H,7-8,13-18,21-23H2,1-3H3,(H,39,43,44);1H,4H2,2H3;1H,2H3/b28-19+,31-25-;;. The predicted molar refractivity (Wildman–Crippen MR) is 205 cm³/mol. The van der Waals surface area contributed by atoms with E-state index in [0.29, 0.717) is 47.9 Å². The Morgan fingerprint density at radius 3 is 2.30 bits per heavy atom. The van der Waals surface area contributed by atoms with E-state index in [2.05, 4.69) is 65.4 Å². The molecular formula is C43H52FN5O4. The monoisotopic (exact) mass is 721 g/mol. The number of halogens is 1. The molecule has 9 nitrogen and oxygen atoms in total. The lowest BCUT2D eigenvalue weighted by molar-refractivity contribution is -0.136. The third kappa shape index (κ3) is 12.4. The molecule has 0 radical (unpaired) electrons. The molecule has 0 bridgehead atoms. The maximum Gasteiger partial charge on any atom is 0.255 e. The number of carbonyl (C=O) groups is 3. The molecule has 10 heteroatoms. The normalized spacial score (nSPS) is 17.5. The number of nitrogens with zero attached hydrogens (tertiary/aromatic N) is 4. The Balaban J connectivity index is 0.000000996. The van der Waals surface area contributed by atoms with Crippen LogP contribution in [0.1, 0.15) is 93.8 Å². The van der Waals surface area contributed by atoms with E-state index in [-0.39, 0.29) is 30.6 Å². The molecule has 0 aromatic heterocycles. The molecule has 2 aromatic carbocycles. The number of nitriles is 1. The Bertz CT molecular complexity index is 1770. The molecule has 280 valence electrons. The molecule has 0 saturated carbocycles. The maximum atomic E-state index is 14.9. The second-order valence-electron chi connectivity index (χ2n) is 13.5. The predicted octanol–water partition coefficient (Wildman–Crippen LogP) is 6.90. The Morgan fingerprint density at radius 2 is 1.72 bits per heavy atom. The van der Waals surface area contributed by atoms with Crippen molar-refractivity contribution in [2.75, 3.05) is 26.2 Å². The van der Waals surface area contributed by atoms with Gasteiger partial charge < -0.3 is 14.5 Å². The summed E-state index contributed by atoms with van der Waals surface area (Å²) in [6.45, 7) is 14.0. The molecule has 53 heavy (non-hydrogen) atoms. The zero-order valence-electron chi connectivity index (χ0n) is 31.7. The lowest BCUT2D eigenvalue weighted by Crippen LogP contribution is -2.52. The maximum absolute atomic E-state index is 14.9. The van der Waals surface area contributed by atoms with E-state index in [4.69, 9.17) is 11.2 Å². The van der Waals surface area contributed by atoms with Gasteiger partial charge in [-0.2, -0.15) is 5.26 Å². The second kappa shape index (κ2) is 21.2. The van der Waals surface area contributed by atoms with Gasteiger partial charge in [0.25, 0.3) is 5.91 Å². The van der Waals surface area contributed by atoms with Gasteiger partial charge in [-0.1, -0.05) is 51.1 Å². The first-order valence-electron chi connectivity index (χ1n) is 18.2. The average Bonchev–Trinajstić information content (AvgIpc) is 3.49. The number of piperazine rings is 1. The molecule has 0 aliphatic carbocycles. The van der Waals surface area contributed by atoms with Crippen LogP contribution in [-0.4, -0.2) is 64.6 Å². The minimum Gasteiger partial charge on any atom is -0.489 e. The summed E-state index contributed by atoms with van der Waals surface area (Å²) in [5.74, 6) is 4.46. The number of hydrogen-bond acceptors (Lipinski definition) is 7. The van der Waals surface area contributed by atoms with Gasteiger partial charge in [-0.05, 0) is 68.4 Å². The van der Waals surface area contributed by atoms with Crippen LogP contribution >= 0.6 is 0 Å². The van der Waals surface area contributed by atoms with Gasteiger partial charge in [0.2, 0.25) is 11.8 Å². The highest BCUT2D eigenvalue weighted by molar-refractivity contribution is 6.05. The number of ether oxygens (including phenoxy) is 1. The summed E-state index contributed by atoms with van der Waals surface area (Å²) in [5.41, 5.74) is 4.51. The smallest absolute Gasteiger partial charge is 0.255 e. The number of hydrogen-bond donors (Lipinski definition) is 1. The Hall–Kier alpha value is -5.37. The van der Waals surface area contributed by atoms with Crippen LogP contribution in [0.15, 0.2) is 65.6 Å². The number of allylic oxidation sites excluding steroid dienone is 4. The van der Waals surface area contributed by atoms with Gasteiger partial charge in [-0.25, -0.2) is 4.39 Å². The van der Waals surface area contributed by atoms with E-state index >= 15 is 0 Å². The number of benzene rings is 2. The van der Waals surface area contributed by atoms with Gasteiger partial charge in [0, 0.05) is 68.0 Å². The second-order valence-corrected chi connectivity index (χ2v) is 13.5. The third-order valence-electron chi connectivity index (χ3n) is 9.19. The van der Waals surface area contributed by atoms with E-state index < -0.39 is 11.9 Å². The van der Waals surface area contributed by atoms with Crippen molar-refractivity contribution in [2.45, 2.75) is 92.5 Å². The lowest BCUT2D eigenvalue weighted by atomic mass is 10.0. The summed E-state index contributed by atoms with van der Waals surface area (Å²) in [4.78, 5) is 43.0. The molecule has 3 aliphatic heterocycles. The van der Waals surface area contributed by atoms with Gasteiger partial charge in [-0.3, -0.25) is 24.6 Å². The molecule has 3 aliphatic rings. The average molecular weight is 722 g/mol. The molecule has 1 atom stereocenters. The number of amides is 3. The molecule has 0 spiro atoms. The van der Waals surface area contributed by atoms with Gasteiger partial charge in [0.05, 0.1) is 12.6 Å². The minimum atomic E-state index is -0.665. The van der Waals surface area contributed by atoms with Crippen LogP contribution in [0.4, 0.5) is 4.39 Å². The van der Waals surface area contributed by atoms with Crippen molar-refractivity contribution in [3.63, 3.8) is 0 Å². The SMILES string of the molecule is C#CC.C#CCC.C/C(=C(F)\C=C(\C#N)CCC(C)C)N1CCN(Cc2ccc(COc3cccc4c3CN(C3CCC(=O)NC3=O)C4=O)cc2)CC1. The summed E-state index contributed by atoms with van der Waals surface area (Å²) in [6.07, 6.45) is 13.6. The first kappa shape index (κ1) is 42.0. The van der Waals surface area contributed by atoms with Crippen molar-refractivity contribution in [1.82, 2.24) is 20.0 Å². The summed E-state index contributed by atoms with van der Waals surface area (Å²) < 4.78 is 21.1. The first-order chi connectivity index (χ1) is 25.4. The summed E-state index contributed by atoms with van der Waals surface area (Å²) >= 11 is 0. The summed E-state index contributed by atoms with van der Waals surface area (Å²) in [7, 11) is 0. The van der Waals surface area contributed by atoms with E-state index in [1.165, 1.54) is 16.5 Å². The number of nitrogens with one attached hydrogen (secondary N) is 1. The largest absolute Gasteiger partial charge is 0.489 e. The van der Waals surface area contributed by atoms with Crippen LogP contribution in [0.2, 0.25) is 0 Å². The van der Waals surface area contributed by atoms with Gasteiger partial charge >= 0.3 is 0 Å². The Labute approximate surface area is 314 Å². The fourth-order valence-electron chi connectivity index (χ4n) is 6.11. The van der Waals surface area contributed by atoms with Crippen molar-refractivity contribution in [1.29, 1.82) is 5.26 Å². The lowest BCUT2D eigenvalue weighted by Gasteiger charge is -2.36. The number of terminal acetylenes is 2. The zero-order chi connectivity index (χ0) is 38.9. The van der Waals surface area contributed by atoms with Crippen molar-refractivity contribution in [3.05, 3.63) is 87.9 Å². The molecular weight excluding hydrogens is 670 g/mol. The van der Waals surface area contributed by atoms with Crippen LogP contribution < -0.4 is 10.1 Å². The van der Waals surface area contributed by atoms with Crippen LogP contribution in [0.25, 0.3) is 0 Å². The molecule has 5 rings (SSSR count). The number of carbonyl (C=O) groups excluding carboxylic acids is 3. The van der Waals surface area contributed by atoms with Crippen molar-refractivity contribution < 1.29 is 23.5 Å². The van der Waals surface area contributed by atoms with Crippen molar-refractivity contribution in [3.8, 4) is 36.5 Å². The van der Waals surface area contributed by atoms with Gasteiger partial charge in [-0.15, -0.1) is 24.7 Å². The molecule has 3 amide bonds. The molecule has 3 heterocycles. The molecule has 2 saturated heterocycles. The highest BCUT2D eigenvalue weighted by Crippen LogP contribution is 2.34. The van der Waals surface area contributed by atoms with Crippen LogP contribution in [0.3, 0.4) is 0 Å². The number of rotatable bonds is 11. The number of fused-ring (bicyclic) bond motifs is 1. The van der Waals surface area contributed by atoms with Crippen molar-refractivity contribution >= 4 is 17.7 Å². The number of imide groups is 1. The quantitative estimate of drug-likeness (QED) is 0.117. The van der Waals surface area contributed by atoms with Gasteiger partial charge in [0.15, 0.2) is 0 Å².